The van der Waals surface area contributed by atoms with Crippen molar-refractivity contribution in [3.8, 4) is 0 Å². The molecule has 0 aromatic heterocycles. The molecule has 1 saturated carbocycles. The maximum atomic E-state index is 9.55. The van der Waals surface area contributed by atoms with Gasteiger partial charge in [-0.15, -0.1) is 0 Å². The first-order chi connectivity index (χ1) is 8.74. The van der Waals surface area contributed by atoms with Crippen molar-refractivity contribution >= 4 is 5.96 Å². The fourth-order valence-corrected chi connectivity index (χ4v) is 2.75. The molecule has 1 heterocycles. The molecule has 0 unspecified atom stereocenters. The lowest BCUT2D eigenvalue weighted by Crippen LogP contribution is -2.41. The van der Waals surface area contributed by atoms with E-state index in [0.717, 1.165) is 12.8 Å². The molecule has 0 spiro atoms. The standard InChI is InChI=1S/C13H25N3O2/c14-12(16-11-3-1-2-4-11)15-9-13(10-17)5-7-18-8-6-13/h11,17H,1-10H2,(H3,14,15,16). The van der Waals surface area contributed by atoms with Crippen molar-refractivity contribution in [2.24, 2.45) is 16.1 Å². The van der Waals surface area contributed by atoms with Crippen molar-refractivity contribution in [3.63, 3.8) is 0 Å². The summed E-state index contributed by atoms with van der Waals surface area (Å²) in [6.45, 7) is 2.19. The van der Waals surface area contributed by atoms with E-state index in [-0.39, 0.29) is 12.0 Å². The Morgan fingerprint density at radius 2 is 2.00 bits per heavy atom. The van der Waals surface area contributed by atoms with Crippen LogP contribution >= 0.6 is 0 Å². The van der Waals surface area contributed by atoms with Crippen molar-refractivity contribution in [2.45, 2.75) is 44.6 Å². The second kappa shape index (κ2) is 6.38. The summed E-state index contributed by atoms with van der Waals surface area (Å²) < 4.78 is 5.33. The third kappa shape index (κ3) is 3.59. The summed E-state index contributed by atoms with van der Waals surface area (Å²) in [6.07, 6.45) is 6.67. The number of aliphatic hydroxyl groups is 1. The van der Waals surface area contributed by atoms with Gasteiger partial charge in [-0.05, 0) is 25.7 Å². The first-order valence-corrected chi connectivity index (χ1v) is 6.99. The fraction of sp³-hybridized carbons (Fsp3) is 0.923. The number of aliphatic hydroxyl groups excluding tert-OH is 1. The molecule has 5 nitrogen and oxygen atoms in total. The quantitative estimate of drug-likeness (QED) is 0.508. The summed E-state index contributed by atoms with van der Waals surface area (Å²) in [5, 5.41) is 12.8. The zero-order valence-electron chi connectivity index (χ0n) is 11.0. The third-order valence-electron chi connectivity index (χ3n) is 4.18. The van der Waals surface area contributed by atoms with Crippen molar-refractivity contribution in [2.75, 3.05) is 26.4 Å². The minimum absolute atomic E-state index is 0.125. The molecule has 0 amide bonds. The van der Waals surface area contributed by atoms with Gasteiger partial charge in [-0.1, -0.05) is 12.8 Å². The zero-order chi connectivity index (χ0) is 12.8. The van der Waals surface area contributed by atoms with Crippen LogP contribution in [-0.4, -0.2) is 43.5 Å². The van der Waals surface area contributed by atoms with Gasteiger partial charge in [-0.3, -0.25) is 4.99 Å². The molecule has 2 fully saturated rings. The Hall–Kier alpha value is -0.810. The molecule has 0 aromatic rings. The third-order valence-corrected chi connectivity index (χ3v) is 4.18. The summed E-state index contributed by atoms with van der Waals surface area (Å²) in [7, 11) is 0. The molecular weight excluding hydrogens is 230 g/mol. The van der Waals surface area contributed by atoms with E-state index >= 15 is 0 Å². The molecular formula is C13H25N3O2. The number of hydrogen-bond acceptors (Lipinski definition) is 3. The molecule has 2 aliphatic rings. The van der Waals surface area contributed by atoms with Gasteiger partial charge >= 0.3 is 0 Å². The maximum absolute atomic E-state index is 9.55. The molecule has 0 atom stereocenters. The molecule has 0 aromatic carbocycles. The molecule has 18 heavy (non-hydrogen) atoms. The highest BCUT2D eigenvalue weighted by atomic mass is 16.5. The van der Waals surface area contributed by atoms with Crippen molar-refractivity contribution in [1.29, 1.82) is 0 Å². The van der Waals surface area contributed by atoms with Gasteiger partial charge in [-0.2, -0.15) is 0 Å². The number of guanidine groups is 1. The molecule has 1 aliphatic carbocycles. The number of ether oxygens (including phenoxy) is 1. The Balaban J connectivity index is 1.83. The van der Waals surface area contributed by atoms with E-state index in [2.05, 4.69) is 10.3 Å². The summed E-state index contributed by atoms with van der Waals surface area (Å²) in [5.41, 5.74) is 5.79. The van der Waals surface area contributed by atoms with Gasteiger partial charge in [0.25, 0.3) is 0 Å². The lowest BCUT2D eigenvalue weighted by molar-refractivity contribution is -0.0106. The Labute approximate surface area is 109 Å². The Bertz CT molecular complexity index is 282. The predicted molar refractivity (Wildman–Crippen MR) is 71.5 cm³/mol. The lowest BCUT2D eigenvalue weighted by atomic mass is 9.81. The SMILES string of the molecule is NC(=NCC1(CO)CCOCC1)NC1CCCC1. The average molecular weight is 255 g/mol. The Morgan fingerprint density at radius 1 is 1.33 bits per heavy atom. The van der Waals surface area contributed by atoms with E-state index < -0.39 is 0 Å². The second-order valence-electron chi connectivity index (χ2n) is 5.60. The predicted octanol–water partition coefficient (Wildman–Crippen LogP) is 0.622. The van der Waals surface area contributed by atoms with Gasteiger partial charge in [0.2, 0.25) is 0 Å². The highest BCUT2D eigenvalue weighted by Crippen LogP contribution is 2.30. The molecule has 104 valence electrons. The van der Waals surface area contributed by atoms with Crippen LogP contribution in [0.25, 0.3) is 0 Å². The number of hydrogen-bond donors (Lipinski definition) is 3. The van der Waals surface area contributed by atoms with Crippen LogP contribution in [0.3, 0.4) is 0 Å². The van der Waals surface area contributed by atoms with Gasteiger partial charge in [0.05, 0.1) is 13.2 Å². The smallest absolute Gasteiger partial charge is 0.188 e. The highest BCUT2D eigenvalue weighted by Gasteiger charge is 2.31. The van der Waals surface area contributed by atoms with Crippen LogP contribution in [0.5, 0.6) is 0 Å². The van der Waals surface area contributed by atoms with Gasteiger partial charge in [-0.25, -0.2) is 0 Å². The fourth-order valence-electron chi connectivity index (χ4n) is 2.75. The molecule has 2 rings (SSSR count). The largest absolute Gasteiger partial charge is 0.396 e. The van der Waals surface area contributed by atoms with E-state index in [1.54, 1.807) is 0 Å². The maximum Gasteiger partial charge on any atom is 0.188 e. The molecule has 1 saturated heterocycles. The number of aliphatic imine (C=N–C) groups is 1. The number of rotatable bonds is 4. The van der Waals surface area contributed by atoms with Crippen LogP contribution in [-0.2, 0) is 4.74 Å². The van der Waals surface area contributed by atoms with E-state index in [1.807, 2.05) is 0 Å². The van der Waals surface area contributed by atoms with Gasteiger partial charge < -0.3 is 20.9 Å². The molecule has 1 aliphatic heterocycles. The Kier molecular flexibility index (Phi) is 4.83. The normalized spacial score (nSPS) is 25.3. The summed E-state index contributed by atoms with van der Waals surface area (Å²) in [4.78, 5) is 4.42. The van der Waals surface area contributed by atoms with Gasteiger partial charge in [0, 0.05) is 24.7 Å². The number of nitrogens with two attached hydrogens (primary N) is 1. The van der Waals surface area contributed by atoms with E-state index in [9.17, 15) is 5.11 Å². The van der Waals surface area contributed by atoms with Crippen molar-refractivity contribution < 1.29 is 9.84 Å². The first kappa shape index (κ1) is 13.6. The minimum Gasteiger partial charge on any atom is -0.396 e. The molecule has 5 heteroatoms. The topological polar surface area (TPSA) is 79.9 Å². The van der Waals surface area contributed by atoms with Crippen LogP contribution < -0.4 is 11.1 Å². The zero-order valence-corrected chi connectivity index (χ0v) is 11.0. The molecule has 0 radical (unpaired) electrons. The first-order valence-electron chi connectivity index (χ1n) is 6.99. The van der Waals surface area contributed by atoms with Crippen molar-refractivity contribution in [1.82, 2.24) is 5.32 Å². The van der Waals surface area contributed by atoms with Crippen LogP contribution in [0.15, 0.2) is 4.99 Å². The van der Waals surface area contributed by atoms with E-state index in [0.29, 0.717) is 31.8 Å². The van der Waals surface area contributed by atoms with Crippen molar-refractivity contribution in [3.05, 3.63) is 0 Å². The molecule has 0 bridgehead atoms. The average Bonchev–Trinajstić information content (AvgIpc) is 2.90. The summed E-state index contributed by atoms with van der Waals surface area (Å²) in [5.74, 6) is 0.529. The summed E-state index contributed by atoms with van der Waals surface area (Å²) in [6, 6.07) is 0.494. The van der Waals surface area contributed by atoms with E-state index in [4.69, 9.17) is 10.5 Å². The monoisotopic (exact) mass is 255 g/mol. The second-order valence-corrected chi connectivity index (χ2v) is 5.60. The van der Waals surface area contributed by atoms with Crippen LogP contribution in [0, 0.1) is 5.41 Å². The minimum atomic E-state index is -0.125. The van der Waals surface area contributed by atoms with Crippen LogP contribution in [0.1, 0.15) is 38.5 Å². The summed E-state index contributed by atoms with van der Waals surface area (Å²) >= 11 is 0. The van der Waals surface area contributed by atoms with Crippen LogP contribution in [0.4, 0.5) is 0 Å². The number of nitrogens with one attached hydrogen (secondary N) is 1. The lowest BCUT2D eigenvalue weighted by Gasteiger charge is -2.34. The van der Waals surface area contributed by atoms with Crippen LogP contribution in [0.2, 0.25) is 0 Å². The molecule has 4 N–H and O–H groups in total. The van der Waals surface area contributed by atoms with Gasteiger partial charge in [0.15, 0.2) is 5.96 Å². The van der Waals surface area contributed by atoms with Gasteiger partial charge in [0.1, 0.15) is 0 Å². The number of nitrogens with zero attached hydrogens (tertiary/aromatic N) is 1. The Morgan fingerprint density at radius 3 is 2.61 bits per heavy atom. The van der Waals surface area contributed by atoms with E-state index in [1.165, 1.54) is 25.7 Å². The highest BCUT2D eigenvalue weighted by molar-refractivity contribution is 5.78.